The highest BCUT2D eigenvalue weighted by molar-refractivity contribution is 5.63. The average molecular weight is 528 g/mol. The minimum Gasteiger partial charge on any atom is -0.482 e. The van der Waals surface area contributed by atoms with Gasteiger partial charge in [0.15, 0.2) is 0 Å². The van der Waals surface area contributed by atoms with E-state index in [9.17, 15) is 10.2 Å². The van der Waals surface area contributed by atoms with Gasteiger partial charge in [-0.25, -0.2) is 4.68 Å². The maximum Gasteiger partial charge on any atom is 0.135 e. The first-order chi connectivity index (χ1) is 18.9. The van der Waals surface area contributed by atoms with Crippen molar-refractivity contribution >= 4 is 6.08 Å². The Morgan fingerprint density at radius 2 is 1.95 bits per heavy atom. The quantitative estimate of drug-likeness (QED) is 0.298. The fourth-order valence-corrected chi connectivity index (χ4v) is 5.09. The first kappa shape index (κ1) is 28.6. The summed E-state index contributed by atoms with van der Waals surface area (Å²) in [6, 6.07) is 16.6. The maximum absolute atomic E-state index is 10.6. The third kappa shape index (κ3) is 7.15. The van der Waals surface area contributed by atoms with Gasteiger partial charge in [0.25, 0.3) is 0 Å². The molecule has 1 aliphatic rings. The Kier molecular flexibility index (Phi) is 9.57. The van der Waals surface area contributed by atoms with Crippen LogP contribution < -0.4 is 4.74 Å². The zero-order valence-corrected chi connectivity index (χ0v) is 23.3. The Hall–Kier alpha value is -3.45. The largest absolute Gasteiger partial charge is 0.482 e. The first-order valence-electron chi connectivity index (χ1n) is 13.8. The Morgan fingerprint density at radius 1 is 1.15 bits per heavy atom. The lowest BCUT2D eigenvalue weighted by Crippen LogP contribution is -2.47. The summed E-state index contributed by atoms with van der Waals surface area (Å²) in [5.41, 5.74) is 3.99. The van der Waals surface area contributed by atoms with Crippen molar-refractivity contribution in [2.24, 2.45) is 5.92 Å². The van der Waals surface area contributed by atoms with Crippen molar-refractivity contribution in [1.29, 1.82) is 0 Å². The van der Waals surface area contributed by atoms with Crippen LogP contribution in [0.4, 0.5) is 0 Å². The van der Waals surface area contributed by atoms with E-state index in [0.29, 0.717) is 6.54 Å². The van der Waals surface area contributed by atoms with E-state index in [2.05, 4.69) is 60.0 Å². The van der Waals surface area contributed by atoms with Gasteiger partial charge in [0.05, 0.1) is 23.6 Å². The van der Waals surface area contributed by atoms with E-state index in [1.165, 1.54) is 0 Å². The van der Waals surface area contributed by atoms with Crippen LogP contribution in [0.1, 0.15) is 44.7 Å². The Balaban J connectivity index is 1.60. The van der Waals surface area contributed by atoms with Crippen molar-refractivity contribution < 1.29 is 14.9 Å². The molecule has 1 unspecified atom stereocenters. The van der Waals surface area contributed by atoms with Gasteiger partial charge < -0.3 is 14.9 Å². The molecule has 2 aromatic carbocycles. The predicted octanol–water partition coefficient (Wildman–Crippen LogP) is 6.04. The van der Waals surface area contributed by atoms with Crippen LogP contribution in [0.3, 0.4) is 0 Å². The maximum atomic E-state index is 10.6. The second-order valence-corrected chi connectivity index (χ2v) is 10.5. The van der Waals surface area contributed by atoms with Crippen LogP contribution in [0, 0.1) is 5.92 Å². The molecule has 3 aromatic rings. The van der Waals surface area contributed by atoms with Crippen LogP contribution in [0.2, 0.25) is 0 Å². The third-order valence-electron chi connectivity index (χ3n) is 7.45. The molecule has 0 bridgehead atoms. The van der Waals surface area contributed by atoms with Crippen LogP contribution in [0.15, 0.2) is 85.6 Å². The van der Waals surface area contributed by atoms with Gasteiger partial charge in [0, 0.05) is 36.3 Å². The number of rotatable bonds is 11. The number of ether oxygens (including phenoxy) is 1. The Morgan fingerprint density at radius 3 is 2.64 bits per heavy atom. The van der Waals surface area contributed by atoms with E-state index < -0.39 is 5.60 Å². The second-order valence-electron chi connectivity index (χ2n) is 10.5. The smallest absolute Gasteiger partial charge is 0.135 e. The summed E-state index contributed by atoms with van der Waals surface area (Å²) in [5, 5.41) is 25.2. The van der Waals surface area contributed by atoms with Gasteiger partial charge >= 0.3 is 0 Å². The van der Waals surface area contributed by atoms with Crippen molar-refractivity contribution in [3.8, 4) is 22.7 Å². The average Bonchev–Trinajstić information content (AvgIpc) is 3.45. The molecule has 6 nitrogen and oxygen atoms in total. The summed E-state index contributed by atoms with van der Waals surface area (Å²) < 4.78 is 8.31. The highest BCUT2D eigenvalue weighted by atomic mass is 16.5. The molecule has 2 N–H and O–H groups in total. The molecule has 0 radical (unpaired) electrons. The minimum absolute atomic E-state index is 0.0277. The van der Waals surface area contributed by atoms with E-state index in [1.807, 2.05) is 49.0 Å². The number of aliphatic hydroxyl groups excluding tert-OH is 1. The van der Waals surface area contributed by atoms with Gasteiger partial charge in [-0.2, -0.15) is 5.10 Å². The minimum atomic E-state index is -1.08. The first-order valence-corrected chi connectivity index (χ1v) is 13.8. The number of aliphatic hydroxyl groups is 2. The van der Waals surface area contributed by atoms with Crippen LogP contribution in [-0.2, 0) is 6.54 Å². The molecule has 0 saturated carbocycles. The van der Waals surface area contributed by atoms with Crippen LogP contribution >= 0.6 is 0 Å². The zero-order valence-electron chi connectivity index (χ0n) is 23.3. The molecule has 0 amide bonds. The van der Waals surface area contributed by atoms with Crippen LogP contribution in [0.5, 0.6) is 5.75 Å². The highest BCUT2D eigenvalue weighted by Gasteiger charge is 2.34. The van der Waals surface area contributed by atoms with Gasteiger partial charge in [-0.1, -0.05) is 49.1 Å². The molecule has 1 fully saturated rings. The summed E-state index contributed by atoms with van der Waals surface area (Å²) in [6.07, 6.45) is 13.4. The van der Waals surface area contributed by atoms with E-state index >= 15 is 0 Å². The summed E-state index contributed by atoms with van der Waals surface area (Å²) in [4.78, 5) is 2.34. The Bertz CT molecular complexity index is 1290. The molecule has 1 aliphatic heterocycles. The molecular formula is C33H41N3O3. The molecule has 4 rings (SSSR count). The van der Waals surface area contributed by atoms with Gasteiger partial charge in [-0.3, -0.25) is 4.90 Å². The lowest BCUT2D eigenvalue weighted by Gasteiger charge is -2.39. The predicted molar refractivity (Wildman–Crippen MR) is 159 cm³/mol. The number of nitrogens with zero attached hydrogens (tertiary/aromatic N) is 3. The van der Waals surface area contributed by atoms with Crippen molar-refractivity contribution in [1.82, 2.24) is 14.7 Å². The standard InChI is InChI=1S/C33H41N3O3/c1-5-9-25-12-16-29(17-13-25)36-20-18-31(34-36)26-14-15-27(32(21-26)39-30(7-3)10-6-2)22-35-19-8-11-28(23-35)33(4,38)24-37/h5-7,9-10,12-18,20-21,28,30,37-38H,3,8,11,19,22-24H2,1-2,4H3/b9-5+,10-6+/t28-,30?,33+/m0/s1. The molecular weight excluding hydrogens is 486 g/mol. The van der Waals surface area contributed by atoms with E-state index in [0.717, 1.165) is 59.8 Å². The number of allylic oxidation sites excluding steroid dienone is 2. The summed E-state index contributed by atoms with van der Waals surface area (Å²) in [6.45, 7) is 11.8. The third-order valence-corrected chi connectivity index (χ3v) is 7.45. The van der Waals surface area contributed by atoms with Crippen LogP contribution in [-0.4, -0.2) is 56.3 Å². The number of hydrogen-bond donors (Lipinski definition) is 2. The zero-order chi connectivity index (χ0) is 27.8. The fourth-order valence-electron chi connectivity index (χ4n) is 5.09. The lowest BCUT2D eigenvalue weighted by atomic mass is 9.83. The SMILES string of the molecule is C=CC(/C=C/C)Oc1cc(-c2ccn(-c3ccc(/C=C/C)cc3)n2)ccc1CN1CCC[C@H]([C@](C)(O)CO)C1. The van der Waals surface area contributed by atoms with Crippen molar-refractivity contribution in [2.75, 3.05) is 19.7 Å². The molecule has 6 heteroatoms. The van der Waals surface area contributed by atoms with E-state index in [4.69, 9.17) is 9.84 Å². The van der Waals surface area contributed by atoms with Crippen LogP contribution in [0.25, 0.3) is 23.0 Å². The monoisotopic (exact) mass is 527 g/mol. The molecule has 1 saturated heterocycles. The number of benzene rings is 2. The molecule has 39 heavy (non-hydrogen) atoms. The van der Waals surface area contributed by atoms with Crippen molar-refractivity contribution in [2.45, 2.75) is 51.9 Å². The summed E-state index contributed by atoms with van der Waals surface area (Å²) in [5.74, 6) is 0.816. The molecule has 3 atom stereocenters. The summed E-state index contributed by atoms with van der Waals surface area (Å²) >= 11 is 0. The second kappa shape index (κ2) is 13.1. The number of aromatic nitrogens is 2. The molecule has 2 heterocycles. The van der Waals surface area contributed by atoms with Gasteiger partial charge in [-0.15, -0.1) is 0 Å². The number of piperidine rings is 1. The van der Waals surface area contributed by atoms with E-state index in [1.54, 1.807) is 13.0 Å². The Labute approximate surface area is 232 Å². The topological polar surface area (TPSA) is 70.8 Å². The van der Waals surface area contributed by atoms with Gasteiger partial charge in [0.1, 0.15) is 11.9 Å². The fraction of sp³-hybridized carbons (Fsp3) is 0.364. The molecule has 1 aromatic heterocycles. The molecule has 0 aliphatic carbocycles. The van der Waals surface area contributed by atoms with Crippen molar-refractivity contribution in [3.05, 3.63) is 96.7 Å². The lowest BCUT2D eigenvalue weighted by molar-refractivity contribution is -0.0697. The normalized spacial score (nSPS) is 18.8. The number of hydrogen-bond acceptors (Lipinski definition) is 5. The van der Waals surface area contributed by atoms with Gasteiger partial charge in [-0.05, 0) is 82.1 Å². The van der Waals surface area contributed by atoms with Crippen molar-refractivity contribution in [3.63, 3.8) is 0 Å². The molecule has 206 valence electrons. The number of likely N-dealkylation sites (tertiary alicyclic amines) is 1. The van der Waals surface area contributed by atoms with Gasteiger partial charge in [0.2, 0.25) is 0 Å². The van der Waals surface area contributed by atoms with E-state index in [-0.39, 0.29) is 18.6 Å². The highest BCUT2D eigenvalue weighted by Crippen LogP contribution is 2.32. The summed E-state index contributed by atoms with van der Waals surface area (Å²) in [7, 11) is 0. The molecule has 0 spiro atoms.